The molecule has 24 heavy (non-hydrogen) atoms. The van der Waals surface area contributed by atoms with Gasteiger partial charge in [0.05, 0.1) is 11.7 Å². The number of likely N-dealkylation sites (tertiary alicyclic amines) is 1. The number of rotatable bonds is 3. The number of carbonyl (C=O) groups is 1. The van der Waals surface area contributed by atoms with Gasteiger partial charge in [-0.15, -0.1) is 5.10 Å². The van der Waals surface area contributed by atoms with Crippen LogP contribution >= 0.6 is 0 Å². The second-order valence-electron chi connectivity index (χ2n) is 6.31. The van der Waals surface area contributed by atoms with Crippen molar-refractivity contribution in [2.75, 3.05) is 18.4 Å². The van der Waals surface area contributed by atoms with Gasteiger partial charge in [-0.2, -0.15) is 0 Å². The highest BCUT2D eigenvalue weighted by atomic mass is 19.1. The van der Waals surface area contributed by atoms with Crippen LogP contribution in [0.15, 0.2) is 24.4 Å². The molecule has 8 heteroatoms. The normalized spacial score (nSPS) is 20.4. The molecule has 0 bridgehead atoms. The van der Waals surface area contributed by atoms with Gasteiger partial charge in [-0.3, -0.25) is 0 Å². The fourth-order valence-corrected chi connectivity index (χ4v) is 2.98. The smallest absolute Gasteiger partial charge is 0.322 e. The number of hydrogen-bond acceptors (Lipinski definition) is 3. The SMILES string of the molecule is O=C(Nc1c(F)cccc1F)N1CCC(n2cc(C3CC3)nn2)C1. The van der Waals surface area contributed by atoms with E-state index in [-0.39, 0.29) is 6.04 Å². The minimum absolute atomic E-state index is 0.0428. The molecule has 1 aromatic heterocycles. The molecule has 1 aliphatic carbocycles. The number of aromatic nitrogens is 3. The number of nitrogens with zero attached hydrogens (tertiary/aromatic N) is 4. The third-order valence-electron chi connectivity index (χ3n) is 4.54. The number of carbonyl (C=O) groups excluding carboxylic acids is 1. The molecule has 2 amide bonds. The summed E-state index contributed by atoms with van der Waals surface area (Å²) >= 11 is 0. The monoisotopic (exact) mass is 333 g/mol. The summed E-state index contributed by atoms with van der Waals surface area (Å²) in [7, 11) is 0. The Morgan fingerprint density at radius 2 is 1.96 bits per heavy atom. The van der Waals surface area contributed by atoms with Crippen LogP contribution in [0.4, 0.5) is 19.3 Å². The highest BCUT2D eigenvalue weighted by Gasteiger charge is 2.31. The van der Waals surface area contributed by atoms with Crippen LogP contribution < -0.4 is 5.32 Å². The molecular formula is C16H17F2N5O. The predicted molar refractivity (Wildman–Crippen MR) is 82.6 cm³/mol. The van der Waals surface area contributed by atoms with Gasteiger partial charge in [0.2, 0.25) is 0 Å². The van der Waals surface area contributed by atoms with Crippen molar-refractivity contribution in [1.82, 2.24) is 19.9 Å². The van der Waals surface area contributed by atoms with E-state index >= 15 is 0 Å². The van der Waals surface area contributed by atoms with Crippen LogP contribution in [-0.4, -0.2) is 39.0 Å². The molecule has 1 aromatic carbocycles. The maximum Gasteiger partial charge on any atom is 0.322 e. The van der Waals surface area contributed by atoms with Gasteiger partial charge in [0, 0.05) is 25.2 Å². The molecule has 126 valence electrons. The first-order valence-electron chi connectivity index (χ1n) is 8.03. The first-order chi connectivity index (χ1) is 11.6. The molecule has 0 radical (unpaired) electrons. The quantitative estimate of drug-likeness (QED) is 0.939. The molecule has 1 aliphatic heterocycles. The van der Waals surface area contributed by atoms with Gasteiger partial charge in [-0.05, 0) is 31.4 Å². The largest absolute Gasteiger partial charge is 0.322 e. The van der Waals surface area contributed by atoms with E-state index in [0.29, 0.717) is 19.0 Å². The molecule has 2 aromatic rings. The van der Waals surface area contributed by atoms with E-state index in [1.165, 1.54) is 11.0 Å². The van der Waals surface area contributed by atoms with Crippen molar-refractivity contribution in [3.8, 4) is 0 Å². The molecular weight excluding hydrogens is 316 g/mol. The second-order valence-corrected chi connectivity index (χ2v) is 6.31. The zero-order valence-electron chi connectivity index (χ0n) is 13.0. The molecule has 1 unspecified atom stereocenters. The summed E-state index contributed by atoms with van der Waals surface area (Å²) in [6, 6.07) is 3.01. The maximum absolute atomic E-state index is 13.6. The van der Waals surface area contributed by atoms with Crippen LogP contribution in [0, 0.1) is 11.6 Å². The third-order valence-corrected chi connectivity index (χ3v) is 4.54. The number of nitrogens with one attached hydrogen (secondary N) is 1. The van der Waals surface area contributed by atoms with Crippen LogP contribution in [-0.2, 0) is 0 Å². The summed E-state index contributed by atoms with van der Waals surface area (Å²) in [6.07, 6.45) is 5.00. The summed E-state index contributed by atoms with van der Waals surface area (Å²) in [6.45, 7) is 0.945. The number of anilines is 1. The topological polar surface area (TPSA) is 63.1 Å². The van der Waals surface area contributed by atoms with Crippen molar-refractivity contribution in [2.45, 2.75) is 31.2 Å². The summed E-state index contributed by atoms with van der Waals surface area (Å²) in [5.41, 5.74) is 0.592. The molecule has 1 atom stereocenters. The second kappa shape index (κ2) is 5.85. The van der Waals surface area contributed by atoms with E-state index in [9.17, 15) is 13.6 Å². The maximum atomic E-state index is 13.6. The fourth-order valence-electron chi connectivity index (χ4n) is 2.98. The molecule has 1 N–H and O–H groups in total. The number of amides is 2. The Kier molecular flexibility index (Phi) is 3.66. The van der Waals surface area contributed by atoms with Crippen LogP contribution in [0.25, 0.3) is 0 Å². The lowest BCUT2D eigenvalue weighted by atomic mass is 10.2. The summed E-state index contributed by atoms with van der Waals surface area (Å²) in [5, 5.41) is 10.6. The Labute approximate surface area is 137 Å². The van der Waals surface area contributed by atoms with Crippen LogP contribution in [0.5, 0.6) is 0 Å². The van der Waals surface area contributed by atoms with Gasteiger partial charge in [-0.1, -0.05) is 11.3 Å². The van der Waals surface area contributed by atoms with Crippen LogP contribution in [0.3, 0.4) is 0 Å². The predicted octanol–water partition coefficient (Wildman–Crippen LogP) is 2.91. The Bertz CT molecular complexity index is 753. The van der Waals surface area contributed by atoms with Gasteiger partial charge in [0.1, 0.15) is 17.3 Å². The zero-order chi connectivity index (χ0) is 16.7. The van der Waals surface area contributed by atoms with Crippen molar-refractivity contribution in [3.63, 3.8) is 0 Å². The first-order valence-corrected chi connectivity index (χ1v) is 8.03. The first kappa shape index (κ1) is 15.0. The van der Waals surface area contributed by atoms with E-state index in [1.54, 1.807) is 4.68 Å². The number of hydrogen-bond donors (Lipinski definition) is 1. The standard InChI is InChI=1S/C16H17F2N5O/c17-12-2-1-3-13(18)15(12)19-16(24)22-7-6-11(8-22)23-9-14(20-21-23)10-4-5-10/h1-3,9-11H,4-8H2,(H,19,24). The van der Waals surface area contributed by atoms with Gasteiger partial charge in [0.15, 0.2) is 0 Å². The number of urea groups is 1. The number of benzene rings is 1. The summed E-state index contributed by atoms with van der Waals surface area (Å²) < 4.78 is 29.1. The number of halogens is 2. The average Bonchev–Trinajstić information content (AvgIpc) is 3.10. The van der Waals surface area contributed by atoms with Crippen molar-refractivity contribution in [1.29, 1.82) is 0 Å². The van der Waals surface area contributed by atoms with Crippen LogP contribution in [0.1, 0.15) is 36.9 Å². The van der Waals surface area contributed by atoms with Gasteiger partial charge >= 0.3 is 6.03 Å². The minimum Gasteiger partial charge on any atom is -0.322 e. The van der Waals surface area contributed by atoms with E-state index in [2.05, 4.69) is 15.6 Å². The Morgan fingerprint density at radius 1 is 1.21 bits per heavy atom. The van der Waals surface area contributed by atoms with Crippen molar-refractivity contribution >= 4 is 11.7 Å². The van der Waals surface area contributed by atoms with E-state index in [1.807, 2.05) is 6.20 Å². The molecule has 2 fully saturated rings. The molecule has 6 nitrogen and oxygen atoms in total. The lowest BCUT2D eigenvalue weighted by Gasteiger charge is -2.17. The van der Waals surface area contributed by atoms with Gasteiger partial charge < -0.3 is 10.2 Å². The Morgan fingerprint density at radius 3 is 2.67 bits per heavy atom. The van der Waals surface area contributed by atoms with Gasteiger partial charge in [0.25, 0.3) is 0 Å². The highest BCUT2D eigenvalue weighted by molar-refractivity contribution is 5.89. The van der Waals surface area contributed by atoms with E-state index in [4.69, 9.17) is 0 Å². The molecule has 4 rings (SSSR count). The lowest BCUT2D eigenvalue weighted by Crippen LogP contribution is -2.33. The Balaban J connectivity index is 1.41. The van der Waals surface area contributed by atoms with Crippen molar-refractivity contribution in [2.24, 2.45) is 0 Å². The van der Waals surface area contributed by atoms with E-state index in [0.717, 1.165) is 37.1 Å². The van der Waals surface area contributed by atoms with Gasteiger partial charge in [-0.25, -0.2) is 18.3 Å². The lowest BCUT2D eigenvalue weighted by molar-refractivity contribution is 0.220. The Hall–Kier alpha value is -2.51. The van der Waals surface area contributed by atoms with Crippen molar-refractivity contribution in [3.05, 3.63) is 41.7 Å². The molecule has 1 saturated heterocycles. The van der Waals surface area contributed by atoms with Crippen LogP contribution in [0.2, 0.25) is 0 Å². The molecule has 2 heterocycles. The molecule has 0 spiro atoms. The van der Waals surface area contributed by atoms with Crippen molar-refractivity contribution < 1.29 is 13.6 Å². The summed E-state index contributed by atoms with van der Waals surface area (Å²) in [5.74, 6) is -1.04. The molecule has 1 saturated carbocycles. The minimum atomic E-state index is -0.788. The number of para-hydroxylation sites is 1. The fraction of sp³-hybridized carbons (Fsp3) is 0.438. The average molecular weight is 333 g/mol. The zero-order valence-corrected chi connectivity index (χ0v) is 13.0. The highest BCUT2D eigenvalue weighted by Crippen LogP contribution is 2.39. The molecule has 2 aliphatic rings. The third kappa shape index (κ3) is 2.83. The summed E-state index contributed by atoms with van der Waals surface area (Å²) in [4.78, 5) is 13.8. The van der Waals surface area contributed by atoms with E-state index < -0.39 is 23.4 Å².